The van der Waals surface area contributed by atoms with Crippen LogP contribution in [0.5, 0.6) is 5.75 Å². The van der Waals surface area contributed by atoms with Crippen LogP contribution in [0.3, 0.4) is 0 Å². The fraction of sp³-hybridized carbons (Fsp3) is 0.353. The number of methoxy groups -OCH3 is 1. The number of aromatic nitrogens is 1. The van der Waals surface area contributed by atoms with Crippen molar-refractivity contribution in [1.82, 2.24) is 15.2 Å². The summed E-state index contributed by atoms with van der Waals surface area (Å²) in [5.74, 6) is 0.899. The van der Waals surface area contributed by atoms with Gasteiger partial charge < -0.3 is 10.1 Å². The monoisotopic (exact) mass is 285 g/mol. The molecule has 0 atom stereocenters. The average Bonchev–Trinajstić information content (AvgIpc) is 2.49. The Morgan fingerprint density at radius 2 is 2.00 bits per heavy atom. The van der Waals surface area contributed by atoms with Crippen molar-refractivity contribution in [3.05, 3.63) is 59.4 Å². The van der Waals surface area contributed by atoms with Gasteiger partial charge in [-0.2, -0.15) is 0 Å². The number of nitrogens with one attached hydrogen (secondary N) is 1. The van der Waals surface area contributed by atoms with E-state index in [9.17, 15) is 0 Å². The Hall–Kier alpha value is -1.91. The van der Waals surface area contributed by atoms with Gasteiger partial charge in [0.25, 0.3) is 0 Å². The Bertz CT molecular complexity index is 554. The quantitative estimate of drug-likeness (QED) is 0.848. The Balaban J connectivity index is 1.92. The molecule has 1 aromatic heterocycles. The number of rotatable bonds is 7. The van der Waals surface area contributed by atoms with Gasteiger partial charge >= 0.3 is 0 Å². The van der Waals surface area contributed by atoms with E-state index in [1.807, 2.05) is 25.4 Å². The molecule has 0 spiro atoms. The third-order valence-electron chi connectivity index (χ3n) is 3.29. The van der Waals surface area contributed by atoms with Crippen molar-refractivity contribution in [2.24, 2.45) is 0 Å². The number of pyridine rings is 1. The van der Waals surface area contributed by atoms with Gasteiger partial charge in [-0.3, -0.25) is 9.88 Å². The van der Waals surface area contributed by atoms with Gasteiger partial charge in [0.1, 0.15) is 5.75 Å². The van der Waals surface area contributed by atoms with Crippen molar-refractivity contribution < 1.29 is 4.74 Å². The Morgan fingerprint density at radius 1 is 1.14 bits per heavy atom. The molecule has 4 nitrogen and oxygen atoms in total. The van der Waals surface area contributed by atoms with Crippen LogP contribution in [0.2, 0.25) is 0 Å². The van der Waals surface area contributed by atoms with Crippen molar-refractivity contribution in [1.29, 1.82) is 0 Å². The first-order valence-electron chi connectivity index (χ1n) is 7.11. The fourth-order valence-electron chi connectivity index (χ4n) is 2.27. The summed E-state index contributed by atoms with van der Waals surface area (Å²) >= 11 is 0. The summed E-state index contributed by atoms with van der Waals surface area (Å²) in [7, 11) is 5.73. The molecule has 1 heterocycles. The second-order valence-electron chi connectivity index (χ2n) is 5.21. The summed E-state index contributed by atoms with van der Waals surface area (Å²) in [5.41, 5.74) is 3.53. The summed E-state index contributed by atoms with van der Waals surface area (Å²) in [5, 5.41) is 3.13. The zero-order valence-corrected chi connectivity index (χ0v) is 13.0. The lowest BCUT2D eigenvalue weighted by Crippen LogP contribution is -2.18. The van der Waals surface area contributed by atoms with E-state index in [0.29, 0.717) is 0 Å². The summed E-state index contributed by atoms with van der Waals surface area (Å²) in [6, 6.07) is 12.4. The van der Waals surface area contributed by atoms with Crippen molar-refractivity contribution >= 4 is 0 Å². The maximum atomic E-state index is 5.25. The second-order valence-corrected chi connectivity index (χ2v) is 5.21. The van der Waals surface area contributed by atoms with Gasteiger partial charge in [0.05, 0.1) is 12.8 Å². The minimum atomic E-state index is 0.830. The molecule has 0 amide bonds. The molecule has 0 aliphatic rings. The van der Waals surface area contributed by atoms with Crippen LogP contribution >= 0.6 is 0 Å². The summed E-state index contributed by atoms with van der Waals surface area (Å²) in [6.07, 6.45) is 1.94. The summed E-state index contributed by atoms with van der Waals surface area (Å²) in [6.45, 7) is 2.56. The number of ether oxygens (including phenoxy) is 1. The maximum absolute atomic E-state index is 5.25. The zero-order valence-electron chi connectivity index (χ0n) is 13.0. The van der Waals surface area contributed by atoms with Crippen molar-refractivity contribution in [3.8, 4) is 5.75 Å². The van der Waals surface area contributed by atoms with Gasteiger partial charge in [0.2, 0.25) is 0 Å². The molecular formula is C17H23N3O. The molecule has 2 aromatic rings. The first-order chi connectivity index (χ1) is 10.2. The molecule has 112 valence electrons. The zero-order chi connectivity index (χ0) is 15.1. The predicted octanol–water partition coefficient (Wildman–Crippen LogP) is 2.44. The Morgan fingerprint density at radius 3 is 2.67 bits per heavy atom. The molecule has 4 heteroatoms. The largest absolute Gasteiger partial charge is 0.497 e. The van der Waals surface area contributed by atoms with Crippen LogP contribution < -0.4 is 10.1 Å². The van der Waals surface area contributed by atoms with Crippen LogP contribution in [0.25, 0.3) is 0 Å². The molecule has 0 aliphatic heterocycles. The van der Waals surface area contributed by atoms with Crippen molar-refractivity contribution in [3.63, 3.8) is 0 Å². The number of nitrogens with zero attached hydrogens (tertiary/aromatic N) is 2. The molecular weight excluding hydrogens is 262 g/mol. The Kier molecular flexibility index (Phi) is 5.72. The van der Waals surface area contributed by atoms with E-state index in [2.05, 4.69) is 46.5 Å². The van der Waals surface area contributed by atoms with Gasteiger partial charge in [0.15, 0.2) is 0 Å². The van der Waals surface area contributed by atoms with Crippen molar-refractivity contribution in [2.75, 3.05) is 21.2 Å². The second kappa shape index (κ2) is 7.76. The SMILES string of the molecule is CNCc1ccc(CN(C)Cc2cccc(OC)c2)nc1. The van der Waals surface area contributed by atoms with Crippen molar-refractivity contribution in [2.45, 2.75) is 19.6 Å². The lowest BCUT2D eigenvalue weighted by Gasteiger charge is -2.17. The average molecular weight is 285 g/mol. The summed E-state index contributed by atoms with van der Waals surface area (Å²) in [4.78, 5) is 6.75. The first-order valence-corrected chi connectivity index (χ1v) is 7.11. The molecule has 0 aliphatic carbocycles. The highest BCUT2D eigenvalue weighted by molar-refractivity contribution is 5.28. The van der Waals surface area contributed by atoms with Crippen LogP contribution in [0.15, 0.2) is 42.6 Å². The van der Waals surface area contributed by atoms with Crippen LogP contribution in [0.4, 0.5) is 0 Å². The number of benzene rings is 1. The fourth-order valence-corrected chi connectivity index (χ4v) is 2.27. The van der Waals surface area contributed by atoms with E-state index >= 15 is 0 Å². The molecule has 0 bridgehead atoms. The van der Waals surface area contributed by atoms with Gasteiger partial charge in [-0.25, -0.2) is 0 Å². The maximum Gasteiger partial charge on any atom is 0.119 e. The standard InChI is InChI=1S/C17H23N3O/c1-18-10-15-7-8-16(19-11-15)13-20(2)12-14-5-4-6-17(9-14)21-3/h4-9,11,18H,10,12-13H2,1-3H3. The van der Waals surface area contributed by atoms with E-state index in [4.69, 9.17) is 4.74 Å². The molecule has 0 unspecified atom stereocenters. The highest BCUT2D eigenvalue weighted by Gasteiger charge is 2.04. The van der Waals surface area contributed by atoms with Crippen LogP contribution in [-0.2, 0) is 19.6 Å². The van der Waals surface area contributed by atoms with Crippen LogP contribution in [0, 0.1) is 0 Å². The molecule has 0 saturated carbocycles. The molecule has 0 radical (unpaired) electrons. The van der Waals surface area contributed by atoms with E-state index < -0.39 is 0 Å². The lowest BCUT2D eigenvalue weighted by molar-refractivity contribution is 0.314. The van der Waals surface area contributed by atoms with Gasteiger partial charge in [-0.15, -0.1) is 0 Å². The first kappa shape index (κ1) is 15.5. The molecule has 21 heavy (non-hydrogen) atoms. The van der Waals surface area contributed by atoms with E-state index in [1.165, 1.54) is 11.1 Å². The third-order valence-corrected chi connectivity index (χ3v) is 3.29. The van der Waals surface area contributed by atoms with E-state index in [0.717, 1.165) is 31.1 Å². The van der Waals surface area contributed by atoms with Gasteiger partial charge in [-0.1, -0.05) is 18.2 Å². The molecule has 0 saturated heterocycles. The van der Waals surface area contributed by atoms with E-state index in [1.54, 1.807) is 7.11 Å². The highest BCUT2D eigenvalue weighted by Crippen LogP contribution is 2.14. The number of hydrogen-bond donors (Lipinski definition) is 1. The molecule has 1 N–H and O–H groups in total. The molecule has 0 fully saturated rings. The van der Waals surface area contributed by atoms with Gasteiger partial charge in [-0.05, 0) is 43.4 Å². The smallest absolute Gasteiger partial charge is 0.119 e. The molecule has 1 aromatic carbocycles. The Labute approximate surface area is 126 Å². The van der Waals surface area contributed by atoms with Gasteiger partial charge in [0, 0.05) is 25.8 Å². The minimum Gasteiger partial charge on any atom is -0.497 e. The summed E-state index contributed by atoms with van der Waals surface area (Å²) < 4.78 is 5.25. The third kappa shape index (κ3) is 4.85. The topological polar surface area (TPSA) is 37.4 Å². The number of hydrogen-bond acceptors (Lipinski definition) is 4. The molecule has 2 rings (SSSR count). The highest BCUT2D eigenvalue weighted by atomic mass is 16.5. The minimum absolute atomic E-state index is 0.830. The van der Waals surface area contributed by atoms with Crippen LogP contribution in [0.1, 0.15) is 16.8 Å². The van der Waals surface area contributed by atoms with E-state index in [-0.39, 0.29) is 0 Å². The lowest BCUT2D eigenvalue weighted by atomic mass is 10.2. The predicted molar refractivity (Wildman–Crippen MR) is 85.2 cm³/mol. The normalized spacial score (nSPS) is 10.9. The van der Waals surface area contributed by atoms with Crippen LogP contribution in [-0.4, -0.2) is 31.1 Å².